The second-order valence-corrected chi connectivity index (χ2v) is 8.29. The highest BCUT2D eigenvalue weighted by molar-refractivity contribution is 5.92. The SMILES string of the molecule is CC(C)[C@H](C(=O)N1CCC(C(=O)Nc2ccccn2)CC1)n1nnc(-c2ccccc2)n1. The van der Waals surface area contributed by atoms with Crippen molar-refractivity contribution in [1.29, 1.82) is 0 Å². The Morgan fingerprint density at radius 3 is 2.41 bits per heavy atom. The van der Waals surface area contributed by atoms with E-state index in [0.717, 1.165) is 5.56 Å². The average Bonchev–Trinajstić information content (AvgIpc) is 3.30. The number of hydrogen-bond acceptors (Lipinski definition) is 6. The molecule has 9 nitrogen and oxygen atoms in total. The Kier molecular flexibility index (Phi) is 6.53. The summed E-state index contributed by atoms with van der Waals surface area (Å²) in [5.74, 6) is 0.789. The standard InChI is InChI=1S/C23H27N7O2/c1-16(2)20(30-27-21(26-28-30)17-8-4-3-5-9-17)23(32)29-14-11-18(12-15-29)22(31)25-19-10-6-7-13-24-19/h3-10,13,16,18,20H,11-12,14-15H2,1-2H3,(H,24,25,31)/t20-/m1/s1. The monoisotopic (exact) mass is 433 g/mol. The maximum absolute atomic E-state index is 13.3. The molecular formula is C23H27N7O2. The highest BCUT2D eigenvalue weighted by Crippen LogP contribution is 2.25. The lowest BCUT2D eigenvalue weighted by Crippen LogP contribution is -2.46. The summed E-state index contributed by atoms with van der Waals surface area (Å²) in [6, 6.07) is 14.4. The lowest BCUT2D eigenvalue weighted by atomic mass is 9.94. The number of aromatic nitrogens is 5. The van der Waals surface area contributed by atoms with Crippen molar-refractivity contribution in [1.82, 2.24) is 30.1 Å². The molecule has 1 saturated heterocycles. The Bertz CT molecular complexity index is 1040. The van der Waals surface area contributed by atoms with Gasteiger partial charge in [0.2, 0.25) is 17.6 Å². The van der Waals surface area contributed by atoms with Crippen LogP contribution < -0.4 is 5.32 Å². The van der Waals surface area contributed by atoms with Crippen LogP contribution in [0.1, 0.15) is 32.7 Å². The number of nitrogens with one attached hydrogen (secondary N) is 1. The average molecular weight is 434 g/mol. The van der Waals surface area contributed by atoms with Gasteiger partial charge < -0.3 is 10.2 Å². The van der Waals surface area contributed by atoms with E-state index in [0.29, 0.717) is 37.6 Å². The summed E-state index contributed by atoms with van der Waals surface area (Å²) in [6.45, 7) is 4.98. The molecule has 3 heterocycles. The summed E-state index contributed by atoms with van der Waals surface area (Å²) in [5.41, 5.74) is 0.855. The van der Waals surface area contributed by atoms with E-state index < -0.39 is 6.04 Å². The minimum absolute atomic E-state index is 0.00880. The van der Waals surface area contributed by atoms with Crippen LogP contribution in [0.25, 0.3) is 11.4 Å². The van der Waals surface area contributed by atoms with Crippen molar-refractivity contribution < 1.29 is 9.59 Å². The van der Waals surface area contributed by atoms with Gasteiger partial charge in [-0.05, 0) is 36.1 Å². The molecule has 1 fully saturated rings. The van der Waals surface area contributed by atoms with Crippen LogP contribution in [0.3, 0.4) is 0 Å². The van der Waals surface area contributed by atoms with Crippen molar-refractivity contribution in [3.63, 3.8) is 0 Å². The van der Waals surface area contributed by atoms with Crippen molar-refractivity contribution >= 4 is 17.6 Å². The third-order valence-electron chi connectivity index (χ3n) is 5.69. The fourth-order valence-corrected chi connectivity index (χ4v) is 3.91. The fraction of sp³-hybridized carbons (Fsp3) is 0.391. The van der Waals surface area contributed by atoms with E-state index in [-0.39, 0.29) is 23.7 Å². The predicted octanol–water partition coefficient (Wildman–Crippen LogP) is 2.81. The first-order valence-electron chi connectivity index (χ1n) is 10.9. The minimum Gasteiger partial charge on any atom is -0.341 e. The first kappa shape index (κ1) is 21.6. The van der Waals surface area contributed by atoms with E-state index in [4.69, 9.17) is 0 Å². The molecule has 0 spiro atoms. The number of rotatable bonds is 6. The Morgan fingerprint density at radius 1 is 1.03 bits per heavy atom. The van der Waals surface area contributed by atoms with Gasteiger partial charge >= 0.3 is 0 Å². The van der Waals surface area contributed by atoms with Gasteiger partial charge in [0.1, 0.15) is 5.82 Å². The van der Waals surface area contributed by atoms with Gasteiger partial charge in [-0.3, -0.25) is 9.59 Å². The molecule has 166 valence electrons. The molecular weight excluding hydrogens is 406 g/mol. The van der Waals surface area contributed by atoms with Crippen LogP contribution in [0.2, 0.25) is 0 Å². The zero-order valence-corrected chi connectivity index (χ0v) is 18.3. The Labute approximate surface area is 186 Å². The van der Waals surface area contributed by atoms with Gasteiger partial charge in [-0.1, -0.05) is 50.2 Å². The van der Waals surface area contributed by atoms with Crippen LogP contribution >= 0.6 is 0 Å². The number of amides is 2. The molecule has 0 saturated carbocycles. The highest BCUT2D eigenvalue weighted by atomic mass is 16.2. The van der Waals surface area contributed by atoms with Gasteiger partial charge in [0.15, 0.2) is 6.04 Å². The molecule has 1 aliphatic rings. The summed E-state index contributed by atoms with van der Waals surface area (Å²) in [5, 5.41) is 15.7. The van der Waals surface area contributed by atoms with Crippen molar-refractivity contribution in [2.45, 2.75) is 32.7 Å². The number of piperidine rings is 1. The zero-order valence-electron chi connectivity index (χ0n) is 18.3. The molecule has 0 unspecified atom stereocenters. The van der Waals surface area contributed by atoms with Gasteiger partial charge in [-0.2, -0.15) is 4.80 Å². The molecule has 2 amide bonds. The zero-order chi connectivity index (χ0) is 22.5. The van der Waals surface area contributed by atoms with Crippen molar-refractivity contribution in [2.75, 3.05) is 18.4 Å². The molecule has 2 aromatic heterocycles. The van der Waals surface area contributed by atoms with Crippen molar-refractivity contribution in [3.8, 4) is 11.4 Å². The summed E-state index contributed by atoms with van der Waals surface area (Å²) in [6.07, 6.45) is 2.86. The maximum atomic E-state index is 13.3. The van der Waals surface area contributed by atoms with Gasteiger partial charge in [0, 0.05) is 30.8 Å². The smallest absolute Gasteiger partial charge is 0.249 e. The first-order valence-corrected chi connectivity index (χ1v) is 10.9. The molecule has 32 heavy (non-hydrogen) atoms. The number of anilines is 1. The summed E-state index contributed by atoms with van der Waals surface area (Å²) in [4.78, 5) is 33.3. The largest absolute Gasteiger partial charge is 0.341 e. The fourth-order valence-electron chi connectivity index (χ4n) is 3.91. The van der Waals surface area contributed by atoms with Gasteiger partial charge in [-0.15, -0.1) is 10.2 Å². The second-order valence-electron chi connectivity index (χ2n) is 8.29. The van der Waals surface area contributed by atoms with Gasteiger partial charge in [0.25, 0.3) is 0 Å². The van der Waals surface area contributed by atoms with E-state index in [1.807, 2.05) is 50.2 Å². The van der Waals surface area contributed by atoms with Crippen LogP contribution in [-0.4, -0.2) is 55.0 Å². The minimum atomic E-state index is -0.543. The van der Waals surface area contributed by atoms with Crippen LogP contribution in [0.15, 0.2) is 54.7 Å². The van der Waals surface area contributed by atoms with Crippen LogP contribution in [0.4, 0.5) is 5.82 Å². The van der Waals surface area contributed by atoms with E-state index in [1.165, 1.54) is 4.80 Å². The molecule has 0 aliphatic carbocycles. The number of likely N-dealkylation sites (tertiary alicyclic amines) is 1. The third kappa shape index (κ3) is 4.82. The number of carbonyl (C=O) groups excluding carboxylic acids is 2. The van der Waals surface area contributed by atoms with Crippen molar-refractivity contribution in [3.05, 3.63) is 54.7 Å². The number of nitrogens with zero attached hydrogens (tertiary/aromatic N) is 6. The summed E-state index contributed by atoms with van der Waals surface area (Å²) >= 11 is 0. The number of pyridine rings is 1. The molecule has 1 aliphatic heterocycles. The molecule has 1 aromatic carbocycles. The van der Waals surface area contributed by atoms with Crippen molar-refractivity contribution in [2.24, 2.45) is 11.8 Å². The normalized spacial score (nSPS) is 15.5. The Morgan fingerprint density at radius 2 is 1.75 bits per heavy atom. The molecule has 1 atom stereocenters. The molecule has 1 N–H and O–H groups in total. The third-order valence-corrected chi connectivity index (χ3v) is 5.69. The summed E-state index contributed by atoms with van der Waals surface area (Å²) < 4.78 is 0. The van der Waals surface area contributed by atoms with E-state index in [9.17, 15) is 9.59 Å². The lowest BCUT2D eigenvalue weighted by molar-refractivity contribution is -0.139. The molecule has 9 heteroatoms. The quantitative estimate of drug-likeness (QED) is 0.641. The predicted molar refractivity (Wildman–Crippen MR) is 119 cm³/mol. The van der Waals surface area contributed by atoms with E-state index in [2.05, 4.69) is 25.7 Å². The lowest BCUT2D eigenvalue weighted by Gasteiger charge is -2.34. The van der Waals surface area contributed by atoms with Gasteiger partial charge in [0.05, 0.1) is 0 Å². The first-order chi connectivity index (χ1) is 15.5. The topological polar surface area (TPSA) is 106 Å². The Balaban J connectivity index is 1.40. The van der Waals surface area contributed by atoms with E-state index >= 15 is 0 Å². The number of tetrazole rings is 1. The molecule has 0 radical (unpaired) electrons. The Hall–Kier alpha value is -3.62. The number of carbonyl (C=O) groups is 2. The van der Waals surface area contributed by atoms with Crippen LogP contribution in [-0.2, 0) is 9.59 Å². The maximum Gasteiger partial charge on any atom is 0.249 e. The van der Waals surface area contributed by atoms with Crippen LogP contribution in [0, 0.1) is 11.8 Å². The molecule has 0 bridgehead atoms. The van der Waals surface area contributed by atoms with E-state index in [1.54, 1.807) is 23.2 Å². The summed E-state index contributed by atoms with van der Waals surface area (Å²) in [7, 11) is 0. The molecule has 3 aromatic rings. The number of hydrogen-bond donors (Lipinski definition) is 1. The van der Waals surface area contributed by atoms with Crippen LogP contribution in [0.5, 0.6) is 0 Å². The van der Waals surface area contributed by atoms with Gasteiger partial charge in [-0.25, -0.2) is 4.98 Å². The highest BCUT2D eigenvalue weighted by Gasteiger charge is 2.34. The second kappa shape index (κ2) is 9.67. The number of benzene rings is 1. The molecule has 4 rings (SSSR count).